The van der Waals surface area contributed by atoms with Crippen molar-refractivity contribution in [2.24, 2.45) is 0 Å². The number of hydrogen-bond donors (Lipinski definition) is 1. The highest BCUT2D eigenvalue weighted by molar-refractivity contribution is 5.91. The Labute approximate surface area is 151 Å². The number of pyridine rings is 2. The number of carbonyl (C=O) groups excluding carboxylic acids is 1. The van der Waals surface area contributed by atoms with E-state index in [4.69, 9.17) is 4.52 Å². The van der Waals surface area contributed by atoms with Gasteiger partial charge in [-0.3, -0.25) is 19.7 Å². The molecule has 0 atom stereocenters. The molecule has 26 heavy (non-hydrogen) atoms. The minimum atomic E-state index is -0.268. The second-order valence-electron chi connectivity index (χ2n) is 6.31. The van der Waals surface area contributed by atoms with Crippen molar-refractivity contribution in [3.63, 3.8) is 0 Å². The Bertz CT molecular complexity index is 880. The Morgan fingerprint density at radius 1 is 1.15 bits per heavy atom. The molecule has 0 spiro atoms. The van der Waals surface area contributed by atoms with Crippen LogP contribution in [0, 0.1) is 0 Å². The molecule has 0 aromatic carbocycles. The Morgan fingerprint density at radius 3 is 2.85 bits per heavy atom. The molecule has 3 aromatic heterocycles. The fraction of sp³-hybridized carbons (Fsp3) is 0.263. The molecule has 4 rings (SSSR count). The van der Waals surface area contributed by atoms with Gasteiger partial charge in [0.15, 0.2) is 0 Å². The Hall–Kier alpha value is -3.06. The molecule has 1 aliphatic rings. The third-order valence-electron chi connectivity index (χ3n) is 4.56. The summed E-state index contributed by atoms with van der Waals surface area (Å²) in [7, 11) is 0. The van der Waals surface area contributed by atoms with Gasteiger partial charge in [-0.15, -0.1) is 0 Å². The van der Waals surface area contributed by atoms with Gasteiger partial charge in [-0.05, 0) is 40.8 Å². The maximum absolute atomic E-state index is 12.0. The second kappa shape index (κ2) is 7.45. The third-order valence-corrected chi connectivity index (χ3v) is 4.56. The zero-order chi connectivity index (χ0) is 17.8. The molecule has 1 amide bonds. The smallest absolute Gasteiger partial charge is 0.290 e. The maximum atomic E-state index is 12.0. The van der Waals surface area contributed by atoms with Gasteiger partial charge < -0.3 is 9.84 Å². The van der Waals surface area contributed by atoms with E-state index in [-0.39, 0.29) is 11.7 Å². The molecule has 0 saturated carbocycles. The SMILES string of the molecule is O=C(NCc1cncc2c1CCN(Cc1ccncc1)C2)c1ccno1. The number of rotatable bonds is 5. The normalized spacial score (nSPS) is 14.0. The van der Waals surface area contributed by atoms with Crippen molar-refractivity contribution in [1.29, 1.82) is 0 Å². The van der Waals surface area contributed by atoms with Gasteiger partial charge in [-0.25, -0.2) is 0 Å². The molecule has 0 saturated heterocycles. The molecule has 1 aliphatic heterocycles. The number of aromatic nitrogens is 3. The quantitative estimate of drug-likeness (QED) is 0.758. The highest BCUT2D eigenvalue weighted by atomic mass is 16.5. The van der Waals surface area contributed by atoms with Crippen LogP contribution in [0.2, 0.25) is 0 Å². The average molecular weight is 349 g/mol. The van der Waals surface area contributed by atoms with E-state index in [9.17, 15) is 4.79 Å². The zero-order valence-corrected chi connectivity index (χ0v) is 14.3. The molecular weight excluding hydrogens is 330 g/mol. The van der Waals surface area contributed by atoms with E-state index in [1.165, 1.54) is 22.9 Å². The largest absolute Gasteiger partial charge is 0.351 e. The van der Waals surface area contributed by atoms with Gasteiger partial charge in [-0.2, -0.15) is 0 Å². The average Bonchev–Trinajstić information content (AvgIpc) is 3.21. The van der Waals surface area contributed by atoms with Crippen LogP contribution in [0.15, 0.2) is 53.7 Å². The molecule has 1 N–H and O–H groups in total. The summed E-state index contributed by atoms with van der Waals surface area (Å²) in [5, 5.41) is 6.42. The maximum Gasteiger partial charge on any atom is 0.290 e. The van der Waals surface area contributed by atoms with Crippen molar-refractivity contribution < 1.29 is 9.32 Å². The van der Waals surface area contributed by atoms with Gasteiger partial charge >= 0.3 is 0 Å². The van der Waals surface area contributed by atoms with E-state index >= 15 is 0 Å². The predicted molar refractivity (Wildman–Crippen MR) is 94.0 cm³/mol. The van der Waals surface area contributed by atoms with Crippen LogP contribution < -0.4 is 5.32 Å². The van der Waals surface area contributed by atoms with Crippen molar-refractivity contribution in [3.8, 4) is 0 Å². The molecule has 7 heteroatoms. The molecule has 0 fully saturated rings. The number of amides is 1. The zero-order valence-electron chi connectivity index (χ0n) is 14.3. The van der Waals surface area contributed by atoms with Gasteiger partial charge in [0.25, 0.3) is 5.91 Å². The van der Waals surface area contributed by atoms with Crippen LogP contribution in [0.25, 0.3) is 0 Å². The number of nitrogens with one attached hydrogen (secondary N) is 1. The van der Waals surface area contributed by atoms with Crippen LogP contribution in [0.4, 0.5) is 0 Å². The first kappa shape index (κ1) is 16.4. The minimum absolute atomic E-state index is 0.214. The topological polar surface area (TPSA) is 84.2 Å². The molecule has 132 valence electrons. The Kier molecular flexibility index (Phi) is 4.70. The lowest BCUT2D eigenvalue weighted by Crippen LogP contribution is -2.32. The van der Waals surface area contributed by atoms with Crippen molar-refractivity contribution in [2.45, 2.75) is 26.1 Å². The van der Waals surface area contributed by atoms with E-state index in [2.05, 4.69) is 25.3 Å². The monoisotopic (exact) mass is 349 g/mol. The van der Waals surface area contributed by atoms with E-state index in [0.717, 1.165) is 31.6 Å². The van der Waals surface area contributed by atoms with Crippen molar-refractivity contribution in [2.75, 3.05) is 6.54 Å². The predicted octanol–water partition coefficient (Wildman–Crippen LogP) is 1.95. The molecule has 0 aliphatic carbocycles. The van der Waals surface area contributed by atoms with Crippen molar-refractivity contribution in [1.82, 2.24) is 25.3 Å². The van der Waals surface area contributed by atoms with E-state index in [0.29, 0.717) is 6.54 Å². The molecule has 3 aromatic rings. The summed E-state index contributed by atoms with van der Waals surface area (Å²) < 4.78 is 4.88. The number of fused-ring (bicyclic) bond motifs is 1. The summed E-state index contributed by atoms with van der Waals surface area (Å²) in [5.74, 6) is -0.0542. The number of hydrogen-bond acceptors (Lipinski definition) is 6. The van der Waals surface area contributed by atoms with Crippen molar-refractivity contribution >= 4 is 5.91 Å². The number of nitrogens with zero attached hydrogens (tertiary/aromatic N) is 4. The highest BCUT2D eigenvalue weighted by Crippen LogP contribution is 2.23. The van der Waals surface area contributed by atoms with Crippen LogP contribution in [-0.4, -0.2) is 32.5 Å². The second-order valence-corrected chi connectivity index (χ2v) is 6.31. The van der Waals surface area contributed by atoms with E-state index in [1.807, 2.05) is 36.9 Å². The van der Waals surface area contributed by atoms with Crippen LogP contribution in [0.1, 0.15) is 32.8 Å². The molecule has 0 radical (unpaired) electrons. The number of carbonyl (C=O) groups is 1. The highest BCUT2D eigenvalue weighted by Gasteiger charge is 2.20. The fourth-order valence-corrected chi connectivity index (χ4v) is 3.26. The fourth-order valence-electron chi connectivity index (χ4n) is 3.26. The van der Waals surface area contributed by atoms with Crippen LogP contribution in [0.5, 0.6) is 0 Å². The van der Waals surface area contributed by atoms with Gasteiger partial charge in [-0.1, -0.05) is 5.16 Å². The lowest BCUT2D eigenvalue weighted by Gasteiger charge is -2.29. The lowest BCUT2D eigenvalue weighted by atomic mass is 9.96. The summed E-state index contributed by atoms with van der Waals surface area (Å²) in [4.78, 5) is 22.8. The Morgan fingerprint density at radius 2 is 2.04 bits per heavy atom. The summed E-state index contributed by atoms with van der Waals surface area (Å²) in [6, 6.07) is 5.64. The van der Waals surface area contributed by atoms with Crippen LogP contribution >= 0.6 is 0 Å². The first-order chi connectivity index (χ1) is 12.8. The third kappa shape index (κ3) is 3.62. The standard InChI is InChI=1S/C19H19N5O2/c25-19(18-3-7-23-26-18)22-11-15-9-21-10-16-13-24(8-4-17(15)16)12-14-1-5-20-6-2-14/h1-3,5-7,9-10H,4,8,11-13H2,(H,22,25). The van der Waals surface area contributed by atoms with Gasteiger partial charge in [0.05, 0.1) is 6.20 Å². The molecule has 4 heterocycles. The van der Waals surface area contributed by atoms with Crippen LogP contribution in [0.3, 0.4) is 0 Å². The Balaban J connectivity index is 1.42. The summed E-state index contributed by atoms with van der Waals surface area (Å²) in [5.41, 5.74) is 4.81. The molecule has 0 unspecified atom stereocenters. The van der Waals surface area contributed by atoms with Gasteiger partial charge in [0.1, 0.15) is 0 Å². The van der Waals surface area contributed by atoms with Gasteiger partial charge in [0, 0.05) is 57.0 Å². The molecule has 7 nitrogen and oxygen atoms in total. The first-order valence-corrected chi connectivity index (χ1v) is 8.54. The molecular formula is C19H19N5O2. The minimum Gasteiger partial charge on any atom is -0.351 e. The lowest BCUT2D eigenvalue weighted by molar-refractivity contribution is 0.0913. The van der Waals surface area contributed by atoms with E-state index in [1.54, 1.807) is 6.07 Å². The summed E-state index contributed by atoms with van der Waals surface area (Å²) in [6.07, 6.45) is 9.80. The van der Waals surface area contributed by atoms with Crippen LogP contribution in [-0.2, 0) is 26.1 Å². The summed E-state index contributed by atoms with van der Waals surface area (Å²) >= 11 is 0. The van der Waals surface area contributed by atoms with Gasteiger partial charge in [0.2, 0.25) is 5.76 Å². The van der Waals surface area contributed by atoms with Crippen molar-refractivity contribution in [3.05, 3.63) is 77.2 Å². The molecule has 0 bridgehead atoms. The first-order valence-electron chi connectivity index (χ1n) is 8.54. The summed E-state index contributed by atoms with van der Waals surface area (Å²) in [6.45, 7) is 3.16. The van der Waals surface area contributed by atoms with E-state index < -0.39 is 0 Å².